The summed E-state index contributed by atoms with van der Waals surface area (Å²) in [4.78, 5) is 20.0. The van der Waals surface area contributed by atoms with Crippen LogP contribution in [0.25, 0.3) is 5.70 Å². The second-order valence-corrected chi connectivity index (χ2v) is 7.28. The zero-order valence-electron chi connectivity index (χ0n) is 17.8. The molecule has 32 heavy (non-hydrogen) atoms. The number of alkyl halides is 3. The summed E-state index contributed by atoms with van der Waals surface area (Å²) < 4.78 is 39.5. The fraction of sp³-hybridized carbons (Fsp3) is 0.174. The van der Waals surface area contributed by atoms with Crippen LogP contribution in [0.2, 0.25) is 0 Å². The van der Waals surface area contributed by atoms with E-state index in [0.717, 1.165) is 17.7 Å². The van der Waals surface area contributed by atoms with E-state index in [9.17, 15) is 18.0 Å². The maximum Gasteiger partial charge on any atom is 0.416 e. The third-order valence-electron chi connectivity index (χ3n) is 4.47. The molecule has 0 aliphatic carbocycles. The van der Waals surface area contributed by atoms with Crippen molar-refractivity contribution >= 4 is 35.2 Å². The van der Waals surface area contributed by atoms with Gasteiger partial charge >= 0.3 is 6.18 Å². The van der Waals surface area contributed by atoms with Crippen LogP contribution in [-0.4, -0.2) is 23.1 Å². The monoisotopic (exact) mass is 441 g/mol. The van der Waals surface area contributed by atoms with Gasteiger partial charge < -0.3 is 5.32 Å². The Hall–Kier alpha value is -3.88. The van der Waals surface area contributed by atoms with Crippen LogP contribution in [0.15, 0.2) is 76.4 Å². The summed E-state index contributed by atoms with van der Waals surface area (Å²) in [5.74, 6) is 0.00322. The molecular weight excluding hydrogens is 419 g/mol. The average Bonchev–Trinajstić information content (AvgIpc) is 2.72. The molecule has 2 aromatic rings. The molecule has 0 saturated heterocycles. The van der Waals surface area contributed by atoms with Crippen LogP contribution in [0.4, 0.5) is 24.5 Å². The first-order valence-electron chi connectivity index (χ1n) is 9.66. The van der Waals surface area contributed by atoms with Crippen molar-refractivity contribution in [3.63, 3.8) is 0 Å². The fourth-order valence-corrected chi connectivity index (χ4v) is 2.97. The summed E-state index contributed by atoms with van der Waals surface area (Å²) >= 11 is 0. The van der Waals surface area contributed by atoms with Gasteiger partial charge in [-0.25, -0.2) is 9.98 Å². The van der Waals surface area contributed by atoms with Gasteiger partial charge in [-0.2, -0.15) is 13.2 Å². The van der Waals surface area contributed by atoms with E-state index in [-0.39, 0.29) is 11.9 Å². The number of rotatable bonds is 4. The van der Waals surface area contributed by atoms with Gasteiger partial charge in [0.25, 0.3) is 0 Å². The third-order valence-corrected chi connectivity index (χ3v) is 4.47. The van der Waals surface area contributed by atoms with Gasteiger partial charge in [0.05, 0.1) is 28.9 Å². The number of hydrogen-bond donors (Lipinski definition) is 2. The van der Waals surface area contributed by atoms with E-state index >= 15 is 0 Å². The Kier molecular flexibility index (Phi) is 6.47. The first kappa shape index (κ1) is 22.8. The standard InChI is InChI=1S/C23H22F3N5O/c1-14(2)21-13-27-22(29-20-10-6-9-19(12-20)28-16(4)32)30-31(21)15(3)17-7-5-8-18(11-17)23(24,25)26/h5-13H,3H2,1-2,4H3,(H,28,32)(H,29,30). The van der Waals surface area contributed by atoms with Crippen LogP contribution in [-0.2, 0) is 11.0 Å². The van der Waals surface area contributed by atoms with Crippen molar-refractivity contribution in [1.82, 2.24) is 10.4 Å². The predicted molar refractivity (Wildman–Crippen MR) is 120 cm³/mol. The first-order valence-corrected chi connectivity index (χ1v) is 9.66. The Morgan fingerprint density at radius 3 is 2.50 bits per heavy atom. The Labute approximate surface area is 183 Å². The van der Waals surface area contributed by atoms with Crippen LogP contribution in [0.3, 0.4) is 0 Å². The number of hydrogen-bond acceptors (Lipinski definition) is 3. The molecule has 0 aromatic heterocycles. The Bertz CT molecular complexity index is 1140. The van der Waals surface area contributed by atoms with Crippen molar-refractivity contribution in [1.29, 1.82) is 0 Å². The van der Waals surface area contributed by atoms with E-state index in [0.29, 0.717) is 28.3 Å². The van der Waals surface area contributed by atoms with Crippen LogP contribution in [0.5, 0.6) is 0 Å². The topological polar surface area (TPSA) is 69.1 Å². The van der Waals surface area contributed by atoms with E-state index < -0.39 is 11.7 Å². The van der Waals surface area contributed by atoms with Gasteiger partial charge in [0.15, 0.2) is 0 Å². The number of benzene rings is 2. The van der Waals surface area contributed by atoms with Gasteiger partial charge in [0, 0.05) is 18.2 Å². The lowest BCUT2D eigenvalue weighted by Crippen LogP contribution is -2.43. The summed E-state index contributed by atoms with van der Waals surface area (Å²) in [7, 11) is 0. The van der Waals surface area contributed by atoms with E-state index in [1.165, 1.54) is 13.0 Å². The van der Waals surface area contributed by atoms with Crippen LogP contribution in [0, 0.1) is 0 Å². The van der Waals surface area contributed by atoms with Crippen molar-refractivity contribution in [3.05, 3.63) is 77.5 Å². The smallest absolute Gasteiger partial charge is 0.326 e. The maximum absolute atomic E-state index is 13.2. The lowest BCUT2D eigenvalue weighted by molar-refractivity contribution is -0.137. The number of carbonyl (C=O) groups is 1. The van der Waals surface area contributed by atoms with Gasteiger partial charge in [0.1, 0.15) is 0 Å². The SMILES string of the molecule is C=C(c1cccc(C(F)(F)F)c1)N1NC(=Nc2cccc(NC(C)=O)c2)N=CC1=C(C)C. The normalized spacial score (nSPS) is 14.9. The number of allylic oxidation sites excluding steroid dienone is 2. The molecule has 6 nitrogen and oxygen atoms in total. The number of halogens is 3. The highest BCUT2D eigenvalue weighted by molar-refractivity contribution is 5.99. The zero-order valence-corrected chi connectivity index (χ0v) is 17.8. The Balaban J connectivity index is 1.94. The molecule has 1 aliphatic heterocycles. The number of amides is 1. The van der Waals surface area contributed by atoms with Crippen molar-refractivity contribution in [2.75, 3.05) is 5.32 Å². The zero-order chi connectivity index (χ0) is 23.5. The Morgan fingerprint density at radius 2 is 1.84 bits per heavy atom. The molecule has 3 rings (SSSR count). The van der Waals surface area contributed by atoms with Crippen molar-refractivity contribution < 1.29 is 18.0 Å². The molecule has 0 radical (unpaired) electrons. The van der Waals surface area contributed by atoms with E-state index in [2.05, 4.69) is 27.3 Å². The highest BCUT2D eigenvalue weighted by Gasteiger charge is 2.31. The predicted octanol–water partition coefficient (Wildman–Crippen LogP) is 5.51. The second kappa shape index (κ2) is 9.09. The number of anilines is 1. The minimum atomic E-state index is -4.46. The van der Waals surface area contributed by atoms with Gasteiger partial charge in [0.2, 0.25) is 11.9 Å². The lowest BCUT2D eigenvalue weighted by Gasteiger charge is -2.32. The van der Waals surface area contributed by atoms with Gasteiger partial charge in [-0.05, 0) is 49.8 Å². The molecule has 9 heteroatoms. The summed E-state index contributed by atoms with van der Waals surface area (Å²) in [6.07, 6.45) is -2.89. The Morgan fingerprint density at radius 1 is 1.12 bits per heavy atom. The highest BCUT2D eigenvalue weighted by Crippen LogP contribution is 2.32. The first-order chi connectivity index (χ1) is 15.0. The summed E-state index contributed by atoms with van der Waals surface area (Å²) in [6, 6.07) is 11.8. The van der Waals surface area contributed by atoms with E-state index in [4.69, 9.17) is 0 Å². The van der Waals surface area contributed by atoms with Gasteiger partial charge in [-0.3, -0.25) is 15.2 Å². The average molecular weight is 441 g/mol. The molecule has 0 fully saturated rings. The molecule has 2 aromatic carbocycles. The molecule has 166 valence electrons. The number of carbonyl (C=O) groups excluding carboxylic acids is 1. The summed E-state index contributed by atoms with van der Waals surface area (Å²) in [6.45, 7) is 9.11. The quantitative estimate of drug-likeness (QED) is 0.658. The van der Waals surface area contributed by atoms with Crippen LogP contribution in [0.1, 0.15) is 31.9 Å². The number of nitrogens with zero attached hydrogens (tertiary/aromatic N) is 3. The number of hydrazine groups is 1. The lowest BCUT2D eigenvalue weighted by atomic mass is 10.1. The van der Waals surface area contributed by atoms with Gasteiger partial charge in [-0.15, -0.1) is 0 Å². The fourth-order valence-electron chi connectivity index (χ4n) is 2.97. The molecule has 1 heterocycles. The van der Waals surface area contributed by atoms with Crippen LogP contribution < -0.4 is 10.7 Å². The number of aliphatic imine (C=N–C) groups is 2. The molecular formula is C23H22F3N5O. The highest BCUT2D eigenvalue weighted by atomic mass is 19.4. The maximum atomic E-state index is 13.2. The van der Waals surface area contributed by atoms with Gasteiger partial charge in [-0.1, -0.05) is 24.8 Å². The minimum absolute atomic E-state index is 0.208. The molecule has 0 unspecified atom stereocenters. The summed E-state index contributed by atoms with van der Waals surface area (Å²) in [5.41, 5.74) is 5.47. The third kappa shape index (κ3) is 5.42. The van der Waals surface area contributed by atoms with Crippen molar-refractivity contribution in [2.45, 2.75) is 26.9 Å². The molecule has 0 spiro atoms. The second-order valence-electron chi connectivity index (χ2n) is 7.28. The van der Waals surface area contributed by atoms with E-state index in [1.54, 1.807) is 41.6 Å². The van der Waals surface area contributed by atoms with Crippen molar-refractivity contribution in [2.24, 2.45) is 9.98 Å². The minimum Gasteiger partial charge on any atom is -0.326 e. The largest absolute Gasteiger partial charge is 0.416 e. The number of guanidine groups is 1. The van der Waals surface area contributed by atoms with Crippen LogP contribution >= 0.6 is 0 Å². The molecule has 0 atom stereocenters. The molecule has 0 saturated carbocycles. The van der Waals surface area contributed by atoms with E-state index in [1.807, 2.05) is 13.8 Å². The molecule has 2 N–H and O–H groups in total. The summed E-state index contributed by atoms with van der Waals surface area (Å²) in [5, 5.41) is 4.23. The number of nitrogens with one attached hydrogen (secondary N) is 2. The molecule has 0 bridgehead atoms. The molecule has 1 aliphatic rings. The molecule has 1 amide bonds. The van der Waals surface area contributed by atoms with Crippen molar-refractivity contribution in [3.8, 4) is 0 Å².